The van der Waals surface area contributed by atoms with E-state index in [1.165, 1.54) is 11.8 Å². The van der Waals surface area contributed by atoms with Crippen molar-refractivity contribution in [1.29, 1.82) is 0 Å². The van der Waals surface area contributed by atoms with Crippen LogP contribution in [-0.2, 0) is 34.7 Å². The minimum atomic E-state index is -0.462. The van der Waals surface area contributed by atoms with Crippen LogP contribution in [0.15, 0.2) is 24.8 Å². The van der Waals surface area contributed by atoms with Gasteiger partial charge in [-0.2, -0.15) is 10.2 Å². The summed E-state index contributed by atoms with van der Waals surface area (Å²) in [5, 5.41) is 10.7. The van der Waals surface area contributed by atoms with E-state index in [4.69, 9.17) is 18.6 Å². The first-order valence-electron chi connectivity index (χ1n) is 11.0. The Morgan fingerprint density at radius 2 is 1.39 bits per heavy atom. The highest BCUT2D eigenvalue weighted by atomic mass is 16.7. The van der Waals surface area contributed by atoms with Crippen LogP contribution >= 0.6 is 0 Å². The normalized spacial score (nSPS) is 22.1. The Hall–Kier alpha value is -2.14. The second-order valence-corrected chi connectivity index (χ2v) is 10.3. The van der Waals surface area contributed by atoms with E-state index >= 15 is 0 Å². The summed E-state index contributed by atoms with van der Waals surface area (Å²) in [7, 11) is 0.580. The minimum Gasteiger partial charge on any atom is -0.468 e. The summed E-state index contributed by atoms with van der Waals surface area (Å²) in [5.41, 5.74) is 0.389. The zero-order valence-electron chi connectivity index (χ0n) is 21.0. The molecule has 2 fully saturated rings. The Bertz CT molecular complexity index is 926. The monoisotopic (exact) mass is 460 g/mol. The molecule has 0 unspecified atom stereocenters. The van der Waals surface area contributed by atoms with Crippen molar-refractivity contribution in [3.05, 3.63) is 24.8 Å². The molecule has 1 N–H and O–H groups in total. The summed E-state index contributed by atoms with van der Waals surface area (Å²) >= 11 is 0. The number of ether oxygens (including phenoxy) is 1. The van der Waals surface area contributed by atoms with Crippen molar-refractivity contribution in [2.75, 3.05) is 7.11 Å². The third-order valence-electron chi connectivity index (χ3n) is 6.74. The Labute approximate surface area is 195 Å². The molecular weight excluding hydrogens is 426 g/mol. The number of carbonyl (C=O) groups is 1. The number of nitrogens with zero attached hydrogens (tertiary/aromatic N) is 3. The predicted octanol–water partition coefficient (Wildman–Crippen LogP) is 1.06. The molecule has 0 amide bonds. The number of aromatic nitrogens is 4. The number of nitrogens with one attached hydrogen (secondary N) is 1. The molecule has 10 nitrogen and oxygen atoms in total. The van der Waals surface area contributed by atoms with Crippen molar-refractivity contribution in [3.8, 4) is 0 Å². The van der Waals surface area contributed by atoms with Crippen molar-refractivity contribution < 1.29 is 28.1 Å². The molecule has 0 aromatic carbocycles. The highest BCUT2D eigenvalue weighted by Gasteiger charge is 2.53. The topological polar surface area (TPSA) is 110 Å². The highest BCUT2D eigenvalue weighted by molar-refractivity contribution is 6.62. The van der Waals surface area contributed by atoms with Gasteiger partial charge in [-0.1, -0.05) is 0 Å². The van der Waals surface area contributed by atoms with E-state index in [2.05, 4.69) is 20.0 Å². The van der Waals surface area contributed by atoms with Gasteiger partial charge in [-0.05, 0) is 55.4 Å². The number of hydrogen-bond donors (Lipinski definition) is 1. The van der Waals surface area contributed by atoms with E-state index in [1.54, 1.807) is 24.8 Å². The molecule has 2 aliphatic rings. The van der Waals surface area contributed by atoms with Gasteiger partial charge in [0.05, 0.1) is 29.5 Å². The van der Waals surface area contributed by atoms with Gasteiger partial charge in [-0.3, -0.25) is 14.6 Å². The van der Waals surface area contributed by atoms with E-state index in [0.717, 1.165) is 10.9 Å². The maximum absolute atomic E-state index is 11.2. The molecule has 2 saturated heterocycles. The van der Waals surface area contributed by atoms with E-state index < -0.39 is 7.12 Å². The largest absolute Gasteiger partial charge is 0.498 e. The third kappa shape index (κ3) is 5.34. The fraction of sp³-hybridized carbons (Fsp3) is 0.667. The predicted molar refractivity (Wildman–Crippen MR) is 124 cm³/mol. The zero-order chi connectivity index (χ0) is 24.7. The van der Waals surface area contributed by atoms with Crippen molar-refractivity contribution in [1.82, 2.24) is 20.0 Å². The van der Waals surface area contributed by atoms with Crippen molar-refractivity contribution in [2.24, 2.45) is 0 Å². The lowest BCUT2D eigenvalue weighted by atomic mass is 9.82. The van der Waals surface area contributed by atoms with E-state index in [-0.39, 0.29) is 42.0 Å². The quantitative estimate of drug-likeness (QED) is 0.533. The van der Waals surface area contributed by atoms with Gasteiger partial charge in [-0.25, -0.2) is 0 Å². The second kappa shape index (κ2) is 8.90. The van der Waals surface area contributed by atoms with Gasteiger partial charge in [0.15, 0.2) is 0 Å². The molecule has 0 radical (unpaired) electrons. The Morgan fingerprint density at radius 3 is 1.82 bits per heavy atom. The molecule has 33 heavy (non-hydrogen) atoms. The van der Waals surface area contributed by atoms with Crippen molar-refractivity contribution in [2.45, 2.75) is 84.3 Å². The summed E-state index contributed by atoms with van der Waals surface area (Å²) in [6.07, 6.45) is 6.90. The first-order valence-corrected chi connectivity index (χ1v) is 11.0. The Balaban J connectivity index is 0.000000194. The van der Waals surface area contributed by atoms with Gasteiger partial charge in [0, 0.05) is 35.7 Å². The van der Waals surface area contributed by atoms with E-state index in [1.807, 2.05) is 55.4 Å². The Morgan fingerprint density at radius 1 is 0.909 bits per heavy atom. The zero-order valence-corrected chi connectivity index (χ0v) is 21.0. The average Bonchev–Trinajstić information content (AvgIpc) is 3.44. The molecular formula is C21H34B2N4O6. The molecule has 2 aliphatic heterocycles. The maximum Gasteiger partial charge on any atom is 0.498 e. The number of rotatable bonds is 4. The van der Waals surface area contributed by atoms with Gasteiger partial charge in [0.2, 0.25) is 0 Å². The first-order chi connectivity index (χ1) is 15.2. The summed E-state index contributed by atoms with van der Waals surface area (Å²) in [4.78, 5) is 11.2. The van der Waals surface area contributed by atoms with Gasteiger partial charge < -0.3 is 23.4 Å². The van der Waals surface area contributed by atoms with Crippen molar-refractivity contribution >= 4 is 31.1 Å². The van der Waals surface area contributed by atoms with Crippen LogP contribution in [0, 0.1) is 0 Å². The molecule has 180 valence electrons. The molecule has 0 saturated carbocycles. The maximum atomic E-state index is 11.2. The Kier molecular flexibility index (Phi) is 6.87. The molecule has 2 aromatic heterocycles. The fourth-order valence-corrected chi connectivity index (χ4v) is 3.13. The van der Waals surface area contributed by atoms with Crippen LogP contribution in [0.5, 0.6) is 0 Å². The number of carbonyl (C=O) groups excluding carboxylic acids is 1. The average molecular weight is 460 g/mol. The van der Waals surface area contributed by atoms with Gasteiger partial charge in [0.25, 0.3) is 0 Å². The lowest BCUT2D eigenvalue weighted by Crippen LogP contribution is -2.41. The highest BCUT2D eigenvalue weighted by Crippen LogP contribution is 2.37. The summed E-state index contributed by atoms with van der Waals surface area (Å²) in [5.74, 6) is -0.344. The number of H-pyrrole nitrogens is 1. The van der Waals surface area contributed by atoms with Gasteiger partial charge in [-0.15, -0.1) is 0 Å². The van der Waals surface area contributed by atoms with Crippen LogP contribution < -0.4 is 10.9 Å². The molecule has 4 rings (SSSR count). The fourth-order valence-electron chi connectivity index (χ4n) is 3.13. The van der Waals surface area contributed by atoms with Crippen molar-refractivity contribution in [3.63, 3.8) is 0 Å². The molecule has 0 spiro atoms. The lowest BCUT2D eigenvalue weighted by molar-refractivity contribution is -0.141. The SMILES string of the molecule is CC1(C)OB(c2cn[nH]c2)OC1(C)C.COC(=O)Cn1cc(B2OC(C)(C)C(C)(C)O2)cn1. The van der Waals surface area contributed by atoms with Crippen LogP contribution in [0.2, 0.25) is 0 Å². The summed E-state index contributed by atoms with van der Waals surface area (Å²) in [6, 6.07) is 0. The smallest absolute Gasteiger partial charge is 0.468 e. The van der Waals surface area contributed by atoms with Crippen LogP contribution in [-0.4, -0.2) is 69.7 Å². The molecule has 4 heterocycles. The van der Waals surface area contributed by atoms with Crippen LogP contribution in [0.4, 0.5) is 0 Å². The van der Waals surface area contributed by atoms with E-state index in [0.29, 0.717) is 0 Å². The third-order valence-corrected chi connectivity index (χ3v) is 6.74. The number of esters is 1. The molecule has 0 aliphatic carbocycles. The van der Waals surface area contributed by atoms with Crippen LogP contribution in [0.3, 0.4) is 0 Å². The number of aromatic amines is 1. The second-order valence-electron chi connectivity index (χ2n) is 10.3. The summed E-state index contributed by atoms with van der Waals surface area (Å²) < 4.78 is 29.6. The lowest BCUT2D eigenvalue weighted by Gasteiger charge is -2.32. The van der Waals surface area contributed by atoms with Gasteiger partial charge in [0.1, 0.15) is 6.54 Å². The summed E-state index contributed by atoms with van der Waals surface area (Å²) in [6.45, 7) is 16.2. The molecule has 2 aromatic rings. The van der Waals surface area contributed by atoms with Crippen LogP contribution in [0.1, 0.15) is 55.4 Å². The number of methoxy groups -OCH3 is 1. The molecule has 0 bridgehead atoms. The number of hydrogen-bond acceptors (Lipinski definition) is 8. The molecule has 12 heteroatoms. The van der Waals surface area contributed by atoms with E-state index in [9.17, 15) is 4.79 Å². The first kappa shape index (κ1) is 25.5. The minimum absolute atomic E-state index is 0.0794. The van der Waals surface area contributed by atoms with Gasteiger partial charge >= 0.3 is 20.2 Å². The van der Waals surface area contributed by atoms with Crippen LogP contribution in [0.25, 0.3) is 0 Å². The standard InChI is InChI=1S/C12H19BN2O4.C9H15BN2O2/c1-11(2)12(3,4)19-13(18-11)9-6-14-15(7-9)8-10(16)17-5;1-8(2)9(3,4)14-10(13-8)7-5-11-12-6-7/h6-7H,8H2,1-5H3;5-6H,1-4H3,(H,11,12). The molecule has 0 atom stereocenters.